The second-order valence-corrected chi connectivity index (χ2v) is 7.99. The van der Waals surface area contributed by atoms with Gasteiger partial charge in [0.25, 0.3) is 5.91 Å². The lowest BCUT2D eigenvalue weighted by Gasteiger charge is -2.22. The molecule has 0 saturated heterocycles. The Labute approximate surface area is 202 Å². The number of hydrogen-bond acceptors (Lipinski definition) is 7. The van der Waals surface area contributed by atoms with Gasteiger partial charge in [0.1, 0.15) is 17.2 Å². The van der Waals surface area contributed by atoms with Crippen molar-refractivity contribution in [1.82, 2.24) is 10.1 Å². The summed E-state index contributed by atoms with van der Waals surface area (Å²) in [5, 5.41) is 4.21. The molecule has 0 atom stereocenters. The van der Waals surface area contributed by atoms with Gasteiger partial charge in [-0.3, -0.25) is 4.79 Å². The van der Waals surface area contributed by atoms with E-state index in [2.05, 4.69) is 5.16 Å². The first-order valence-corrected chi connectivity index (χ1v) is 11.0. The van der Waals surface area contributed by atoms with Crippen LogP contribution in [0.1, 0.15) is 21.6 Å². The van der Waals surface area contributed by atoms with Crippen LogP contribution in [0.15, 0.2) is 77.3 Å². The Bertz CT molecular complexity index is 1310. The first-order valence-electron chi connectivity index (χ1n) is 11.0. The molecule has 8 heteroatoms. The SMILES string of the molecule is COc1ccc(C(=O)N(Cc2ccc3c(c2)OCO3)Cc2cc(-c3ccc(OC)cc3)on2)cc1. The molecule has 2 heterocycles. The zero-order valence-corrected chi connectivity index (χ0v) is 19.4. The maximum Gasteiger partial charge on any atom is 0.254 e. The van der Waals surface area contributed by atoms with Crippen molar-refractivity contribution in [2.75, 3.05) is 21.0 Å². The molecular weight excluding hydrogens is 448 g/mol. The lowest BCUT2D eigenvalue weighted by Crippen LogP contribution is -2.30. The fraction of sp³-hybridized carbons (Fsp3) is 0.185. The number of ether oxygens (including phenoxy) is 4. The van der Waals surface area contributed by atoms with Crippen LogP contribution >= 0.6 is 0 Å². The van der Waals surface area contributed by atoms with Crippen LogP contribution in [-0.2, 0) is 13.1 Å². The molecule has 5 rings (SSSR count). The quantitative estimate of drug-likeness (QED) is 0.360. The highest BCUT2D eigenvalue weighted by molar-refractivity contribution is 5.94. The Kier molecular flexibility index (Phi) is 6.26. The maximum atomic E-state index is 13.5. The van der Waals surface area contributed by atoms with Gasteiger partial charge < -0.3 is 28.4 Å². The fourth-order valence-electron chi connectivity index (χ4n) is 3.85. The molecule has 0 unspecified atom stereocenters. The topological polar surface area (TPSA) is 83.3 Å². The monoisotopic (exact) mass is 472 g/mol. The van der Waals surface area contributed by atoms with E-state index in [9.17, 15) is 4.79 Å². The first kappa shape index (κ1) is 22.3. The highest BCUT2D eigenvalue weighted by Gasteiger charge is 2.21. The molecule has 0 N–H and O–H groups in total. The first-order chi connectivity index (χ1) is 17.1. The van der Waals surface area contributed by atoms with Crippen LogP contribution in [0.5, 0.6) is 23.0 Å². The molecule has 1 amide bonds. The summed E-state index contributed by atoms with van der Waals surface area (Å²) >= 11 is 0. The molecule has 0 bridgehead atoms. The minimum atomic E-state index is -0.140. The molecule has 0 aliphatic carbocycles. The molecule has 4 aromatic rings. The lowest BCUT2D eigenvalue weighted by atomic mass is 10.1. The Hall–Kier alpha value is -4.46. The minimum Gasteiger partial charge on any atom is -0.497 e. The van der Waals surface area contributed by atoms with E-state index in [0.29, 0.717) is 40.8 Å². The molecule has 1 aromatic heterocycles. The van der Waals surface area contributed by atoms with Gasteiger partial charge in [-0.25, -0.2) is 0 Å². The number of methoxy groups -OCH3 is 2. The van der Waals surface area contributed by atoms with E-state index in [1.165, 1.54) is 0 Å². The number of carbonyl (C=O) groups excluding carboxylic acids is 1. The Morgan fingerprint density at radius 3 is 2.26 bits per heavy atom. The van der Waals surface area contributed by atoms with Crippen molar-refractivity contribution in [3.05, 3.63) is 89.6 Å². The Morgan fingerprint density at radius 2 is 1.54 bits per heavy atom. The third-order valence-corrected chi connectivity index (χ3v) is 5.72. The summed E-state index contributed by atoms with van der Waals surface area (Å²) in [5.41, 5.74) is 2.96. The van der Waals surface area contributed by atoms with E-state index in [0.717, 1.165) is 16.9 Å². The molecule has 0 saturated carbocycles. The van der Waals surface area contributed by atoms with Crippen LogP contribution in [-0.4, -0.2) is 37.0 Å². The number of amides is 1. The molecule has 178 valence electrons. The van der Waals surface area contributed by atoms with Gasteiger partial charge in [0.05, 0.1) is 20.8 Å². The number of carbonyl (C=O) groups is 1. The number of hydrogen-bond donors (Lipinski definition) is 0. The van der Waals surface area contributed by atoms with Crippen molar-refractivity contribution in [2.45, 2.75) is 13.1 Å². The highest BCUT2D eigenvalue weighted by Crippen LogP contribution is 2.33. The van der Waals surface area contributed by atoms with E-state index >= 15 is 0 Å². The average Bonchev–Trinajstić information content (AvgIpc) is 3.57. The van der Waals surface area contributed by atoms with Gasteiger partial charge in [-0.1, -0.05) is 11.2 Å². The normalized spacial score (nSPS) is 11.8. The fourth-order valence-corrected chi connectivity index (χ4v) is 3.85. The number of benzene rings is 3. The van der Waals surface area contributed by atoms with Crippen molar-refractivity contribution in [1.29, 1.82) is 0 Å². The Morgan fingerprint density at radius 1 is 0.857 bits per heavy atom. The summed E-state index contributed by atoms with van der Waals surface area (Å²) in [6.45, 7) is 0.811. The standard InChI is InChI=1S/C27H24N2O6/c1-31-22-8-4-19(5-9-22)25-14-21(28-35-25)16-29(27(30)20-6-10-23(32-2)11-7-20)15-18-3-12-24-26(13-18)34-17-33-24/h3-14H,15-17H2,1-2H3. The van der Waals surface area contributed by atoms with Crippen LogP contribution in [0, 0.1) is 0 Å². The van der Waals surface area contributed by atoms with Crippen molar-refractivity contribution in [2.24, 2.45) is 0 Å². The van der Waals surface area contributed by atoms with E-state index in [4.69, 9.17) is 23.5 Å². The molecule has 0 fully saturated rings. The summed E-state index contributed by atoms with van der Waals surface area (Å²) in [6.07, 6.45) is 0. The van der Waals surface area contributed by atoms with E-state index < -0.39 is 0 Å². The van der Waals surface area contributed by atoms with Gasteiger partial charge in [0, 0.05) is 23.7 Å². The van der Waals surface area contributed by atoms with E-state index in [-0.39, 0.29) is 19.2 Å². The second kappa shape index (κ2) is 9.80. The van der Waals surface area contributed by atoms with Gasteiger partial charge in [-0.05, 0) is 66.2 Å². The molecule has 0 spiro atoms. The molecule has 35 heavy (non-hydrogen) atoms. The zero-order valence-electron chi connectivity index (χ0n) is 19.4. The van der Waals surface area contributed by atoms with Gasteiger partial charge in [-0.15, -0.1) is 0 Å². The predicted octanol–water partition coefficient (Wildman–Crippen LogP) is 4.93. The van der Waals surface area contributed by atoms with Crippen LogP contribution in [0.3, 0.4) is 0 Å². The summed E-state index contributed by atoms with van der Waals surface area (Å²) in [5.74, 6) is 3.28. The molecular formula is C27H24N2O6. The maximum absolute atomic E-state index is 13.5. The zero-order chi connectivity index (χ0) is 24.2. The largest absolute Gasteiger partial charge is 0.497 e. The van der Waals surface area contributed by atoms with Gasteiger partial charge in [0.15, 0.2) is 17.3 Å². The van der Waals surface area contributed by atoms with E-state index in [1.807, 2.05) is 48.5 Å². The van der Waals surface area contributed by atoms with Gasteiger partial charge >= 0.3 is 0 Å². The smallest absolute Gasteiger partial charge is 0.254 e. The van der Waals surface area contributed by atoms with Crippen LogP contribution < -0.4 is 18.9 Å². The van der Waals surface area contributed by atoms with Crippen molar-refractivity contribution in [3.63, 3.8) is 0 Å². The molecule has 8 nitrogen and oxygen atoms in total. The molecule has 1 aliphatic rings. The Balaban J connectivity index is 1.40. The highest BCUT2D eigenvalue weighted by atomic mass is 16.7. The number of rotatable bonds is 8. The summed E-state index contributed by atoms with van der Waals surface area (Å²) in [6, 6.07) is 22.1. The second-order valence-electron chi connectivity index (χ2n) is 7.99. The van der Waals surface area contributed by atoms with E-state index in [1.54, 1.807) is 43.4 Å². The third kappa shape index (κ3) is 4.91. The number of nitrogens with zero attached hydrogens (tertiary/aromatic N) is 2. The third-order valence-electron chi connectivity index (χ3n) is 5.72. The molecule has 3 aromatic carbocycles. The molecule has 1 aliphatic heterocycles. The summed E-state index contributed by atoms with van der Waals surface area (Å²) < 4.78 is 26.9. The van der Waals surface area contributed by atoms with Crippen molar-refractivity contribution >= 4 is 5.91 Å². The predicted molar refractivity (Wildman–Crippen MR) is 128 cm³/mol. The summed E-state index contributed by atoms with van der Waals surface area (Å²) in [4.78, 5) is 15.2. The van der Waals surface area contributed by atoms with Crippen molar-refractivity contribution in [3.8, 4) is 34.3 Å². The van der Waals surface area contributed by atoms with Crippen LogP contribution in [0.25, 0.3) is 11.3 Å². The molecule has 0 radical (unpaired) electrons. The lowest BCUT2D eigenvalue weighted by molar-refractivity contribution is 0.0726. The van der Waals surface area contributed by atoms with Crippen LogP contribution in [0.2, 0.25) is 0 Å². The number of aromatic nitrogens is 1. The van der Waals surface area contributed by atoms with Crippen molar-refractivity contribution < 1.29 is 28.3 Å². The average molecular weight is 472 g/mol. The number of fused-ring (bicyclic) bond motifs is 1. The van der Waals surface area contributed by atoms with Gasteiger partial charge in [-0.2, -0.15) is 0 Å². The van der Waals surface area contributed by atoms with Crippen LogP contribution in [0.4, 0.5) is 0 Å². The minimum absolute atomic E-state index is 0.140. The van der Waals surface area contributed by atoms with Gasteiger partial charge in [0.2, 0.25) is 6.79 Å². The summed E-state index contributed by atoms with van der Waals surface area (Å²) in [7, 11) is 3.21.